The Morgan fingerprint density at radius 1 is 1.35 bits per heavy atom. The quantitative estimate of drug-likeness (QED) is 0.770. The molecular weight excluding hydrogens is 268 g/mol. The van der Waals surface area contributed by atoms with Crippen molar-refractivity contribution in [3.8, 4) is 0 Å². The van der Waals surface area contributed by atoms with Crippen LogP contribution in [0.25, 0.3) is 0 Å². The van der Waals surface area contributed by atoms with Crippen LogP contribution in [0.5, 0.6) is 0 Å². The molecule has 0 saturated carbocycles. The van der Waals surface area contributed by atoms with Crippen molar-refractivity contribution in [1.82, 2.24) is 5.32 Å². The molecule has 1 rings (SSSR count). The van der Waals surface area contributed by atoms with Crippen molar-refractivity contribution < 1.29 is 4.79 Å². The van der Waals surface area contributed by atoms with E-state index in [0.29, 0.717) is 24.8 Å². The van der Waals surface area contributed by atoms with Crippen LogP contribution in [0.4, 0.5) is 0 Å². The molecule has 3 N–H and O–H groups in total. The van der Waals surface area contributed by atoms with Crippen molar-refractivity contribution in [3.63, 3.8) is 0 Å². The summed E-state index contributed by atoms with van der Waals surface area (Å²) in [5.41, 5.74) is 5.78. The van der Waals surface area contributed by atoms with E-state index in [4.69, 9.17) is 5.73 Å². The van der Waals surface area contributed by atoms with Gasteiger partial charge < -0.3 is 11.1 Å². The Bertz CT molecular complexity index is 387. The molecule has 0 spiro atoms. The molecule has 0 bridgehead atoms. The Hall–Kier alpha value is -0.870. The van der Waals surface area contributed by atoms with E-state index in [0.717, 1.165) is 6.42 Å². The largest absolute Gasteiger partial charge is 0.348 e. The first-order valence-electron chi connectivity index (χ1n) is 7.46. The van der Waals surface area contributed by atoms with E-state index in [1.165, 1.54) is 4.88 Å². The summed E-state index contributed by atoms with van der Waals surface area (Å²) in [5, 5.41) is 5.23. The van der Waals surface area contributed by atoms with E-state index in [-0.39, 0.29) is 17.9 Å². The summed E-state index contributed by atoms with van der Waals surface area (Å²) in [4.78, 5) is 13.5. The van der Waals surface area contributed by atoms with Gasteiger partial charge in [0.25, 0.3) is 0 Å². The van der Waals surface area contributed by atoms with Crippen molar-refractivity contribution in [3.05, 3.63) is 22.4 Å². The van der Waals surface area contributed by atoms with Crippen LogP contribution in [0.1, 0.15) is 51.5 Å². The summed E-state index contributed by atoms with van der Waals surface area (Å²) >= 11 is 1.70. The van der Waals surface area contributed by atoms with E-state index in [1.54, 1.807) is 11.3 Å². The molecular formula is C16H28N2OS. The Kier molecular flexibility index (Phi) is 7.24. The maximum Gasteiger partial charge on any atom is 0.220 e. The predicted molar refractivity (Wildman–Crippen MR) is 86.7 cm³/mol. The van der Waals surface area contributed by atoms with Crippen LogP contribution in [0.3, 0.4) is 0 Å². The molecule has 0 saturated heterocycles. The van der Waals surface area contributed by atoms with Crippen LogP contribution in [-0.2, 0) is 4.79 Å². The van der Waals surface area contributed by atoms with Gasteiger partial charge in [-0.2, -0.15) is 0 Å². The molecule has 2 atom stereocenters. The molecule has 1 aromatic rings. The zero-order valence-electron chi connectivity index (χ0n) is 13.1. The molecule has 114 valence electrons. The summed E-state index contributed by atoms with van der Waals surface area (Å²) in [5.74, 6) is 1.37. The summed E-state index contributed by atoms with van der Waals surface area (Å²) in [6, 6.07) is 4.23. The molecule has 20 heavy (non-hydrogen) atoms. The van der Waals surface area contributed by atoms with Gasteiger partial charge in [-0.25, -0.2) is 0 Å². The van der Waals surface area contributed by atoms with Crippen LogP contribution in [0, 0.1) is 17.8 Å². The number of rotatable bonds is 8. The Morgan fingerprint density at radius 3 is 2.50 bits per heavy atom. The van der Waals surface area contributed by atoms with Gasteiger partial charge in [0.15, 0.2) is 0 Å². The third-order valence-electron chi connectivity index (χ3n) is 3.45. The van der Waals surface area contributed by atoms with Crippen molar-refractivity contribution in [2.75, 3.05) is 6.54 Å². The molecule has 1 aromatic heterocycles. The molecule has 3 nitrogen and oxygen atoms in total. The smallest absolute Gasteiger partial charge is 0.220 e. The third-order valence-corrected chi connectivity index (χ3v) is 4.40. The maximum absolute atomic E-state index is 12.2. The number of hydrogen-bond donors (Lipinski definition) is 2. The number of carbonyl (C=O) groups excluding carboxylic acids is 1. The number of nitrogens with one attached hydrogen (secondary N) is 1. The first-order chi connectivity index (χ1) is 9.43. The topological polar surface area (TPSA) is 55.1 Å². The minimum Gasteiger partial charge on any atom is -0.348 e. The second kappa shape index (κ2) is 8.42. The van der Waals surface area contributed by atoms with E-state index >= 15 is 0 Å². The minimum atomic E-state index is 0.111. The summed E-state index contributed by atoms with van der Waals surface area (Å²) in [7, 11) is 0. The zero-order valence-corrected chi connectivity index (χ0v) is 13.9. The van der Waals surface area contributed by atoms with Gasteiger partial charge in [-0.15, -0.1) is 11.3 Å². The standard InChI is InChI=1S/C16H28N2OS/c1-11(2)8-13(10-17)9-15(19)18-16(12(3)4)14-6-5-7-20-14/h5-7,11-13,16H,8-10,17H2,1-4H3,(H,18,19). The third kappa shape index (κ3) is 5.63. The van der Waals surface area contributed by atoms with Gasteiger partial charge in [-0.05, 0) is 42.2 Å². The van der Waals surface area contributed by atoms with Gasteiger partial charge in [0, 0.05) is 11.3 Å². The first-order valence-corrected chi connectivity index (χ1v) is 8.34. The van der Waals surface area contributed by atoms with Crippen LogP contribution < -0.4 is 11.1 Å². The van der Waals surface area contributed by atoms with Crippen LogP contribution in [0.15, 0.2) is 17.5 Å². The molecule has 0 aromatic carbocycles. The van der Waals surface area contributed by atoms with Gasteiger partial charge >= 0.3 is 0 Å². The molecule has 0 aliphatic heterocycles. The van der Waals surface area contributed by atoms with Crippen LogP contribution in [-0.4, -0.2) is 12.5 Å². The SMILES string of the molecule is CC(C)CC(CN)CC(=O)NC(c1cccs1)C(C)C. The maximum atomic E-state index is 12.2. The Balaban J connectivity index is 2.58. The fourth-order valence-corrected chi connectivity index (χ4v) is 3.41. The number of hydrogen-bond acceptors (Lipinski definition) is 3. The lowest BCUT2D eigenvalue weighted by molar-refractivity contribution is -0.123. The van der Waals surface area contributed by atoms with Gasteiger partial charge in [0.05, 0.1) is 6.04 Å². The number of carbonyl (C=O) groups is 1. The minimum absolute atomic E-state index is 0.111. The predicted octanol–water partition coefficient (Wildman–Crippen LogP) is 3.57. The van der Waals surface area contributed by atoms with Crippen molar-refractivity contribution in [1.29, 1.82) is 0 Å². The average molecular weight is 296 g/mol. The molecule has 2 unspecified atom stereocenters. The van der Waals surface area contributed by atoms with Crippen molar-refractivity contribution >= 4 is 17.2 Å². The zero-order chi connectivity index (χ0) is 15.1. The van der Waals surface area contributed by atoms with E-state index < -0.39 is 0 Å². The second-order valence-corrected chi connectivity index (χ2v) is 7.22. The normalized spacial score (nSPS) is 14.6. The average Bonchev–Trinajstić information content (AvgIpc) is 2.87. The highest BCUT2D eigenvalue weighted by Crippen LogP contribution is 2.26. The summed E-state index contributed by atoms with van der Waals surface area (Å²) in [6.45, 7) is 9.20. The van der Waals surface area contributed by atoms with E-state index in [2.05, 4.69) is 44.5 Å². The number of thiophene rings is 1. The van der Waals surface area contributed by atoms with Crippen LogP contribution in [0.2, 0.25) is 0 Å². The van der Waals surface area contributed by atoms with Gasteiger partial charge in [-0.1, -0.05) is 33.8 Å². The Labute approximate surface area is 127 Å². The fourth-order valence-electron chi connectivity index (χ4n) is 2.46. The lowest BCUT2D eigenvalue weighted by atomic mass is 9.93. The molecule has 1 amide bonds. The van der Waals surface area contributed by atoms with Crippen molar-refractivity contribution in [2.24, 2.45) is 23.5 Å². The lowest BCUT2D eigenvalue weighted by Crippen LogP contribution is -2.33. The highest BCUT2D eigenvalue weighted by Gasteiger charge is 2.21. The molecule has 0 radical (unpaired) electrons. The Morgan fingerprint density at radius 2 is 2.05 bits per heavy atom. The highest BCUT2D eigenvalue weighted by molar-refractivity contribution is 7.10. The molecule has 4 heteroatoms. The van der Waals surface area contributed by atoms with Gasteiger partial charge in [0.1, 0.15) is 0 Å². The van der Waals surface area contributed by atoms with E-state index in [9.17, 15) is 4.79 Å². The van der Waals surface area contributed by atoms with Gasteiger partial charge in [0.2, 0.25) is 5.91 Å². The lowest BCUT2D eigenvalue weighted by Gasteiger charge is -2.23. The summed E-state index contributed by atoms with van der Waals surface area (Å²) in [6.07, 6.45) is 1.54. The number of amides is 1. The number of nitrogens with two attached hydrogens (primary N) is 1. The van der Waals surface area contributed by atoms with E-state index in [1.807, 2.05) is 6.07 Å². The summed E-state index contributed by atoms with van der Waals surface area (Å²) < 4.78 is 0. The molecule has 0 aliphatic rings. The molecule has 0 fully saturated rings. The van der Waals surface area contributed by atoms with Crippen molar-refractivity contribution in [2.45, 2.75) is 46.6 Å². The second-order valence-electron chi connectivity index (χ2n) is 6.24. The molecule has 1 heterocycles. The monoisotopic (exact) mass is 296 g/mol. The highest BCUT2D eigenvalue weighted by atomic mass is 32.1. The molecule has 0 aliphatic carbocycles. The first kappa shape index (κ1) is 17.2. The van der Waals surface area contributed by atoms with Gasteiger partial charge in [-0.3, -0.25) is 4.79 Å². The van der Waals surface area contributed by atoms with Crippen LogP contribution >= 0.6 is 11.3 Å². The fraction of sp³-hybridized carbons (Fsp3) is 0.688.